The molecule has 6 heteroatoms. The highest BCUT2D eigenvalue weighted by Crippen LogP contribution is 2.37. The van der Waals surface area contributed by atoms with Gasteiger partial charge < -0.3 is 3.79 Å². The van der Waals surface area contributed by atoms with E-state index in [-0.39, 0.29) is 11.4 Å². The minimum atomic E-state index is -0.527. The molecule has 0 spiro atoms. The third kappa shape index (κ3) is 2.26. The molecule has 1 aromatic heterocycles. The van der Waals surface area contributed by atoms with Crippen molar-refractivity contribution in [1.29, 1.82) is 0 Å². The lowest BCUT2D eigenvalue weighted by molar-refractivity contribution is 0.588. The molecule has 0 saturated carbocycles. The summed E-state index contributed by atoms with van der Waals surface area (Å²) in [4.78, 5) is 11.3. The van der Waals surface area contributed by atoms with Crippen molar-refractivity contribution in [3.8, 4) is 17.0 Å². The first-order chi connectivity index (χ1) is 8.26. The largest absolute Gasteiger partial charge is 0.654 e. The fraction of sp³-hybridized carbons (Fsp3) is 0. The molecule has 0 aliphatic carbocycles. The van der Waals surface area contributed by atoms with Crippen molar-refractivity contribution in [3.05, 3.63) is 48.0 Å². The molecule has 1 heterocycles. The third-order valence-corrected chi connectivity index (χ3v) is 2.37. The van der Waals surface area contributed by atoms with Crippen LogP contribution in [0.25, 0.3) is 16.1 Å². The first-order valence-electron chi connectivity index (χ1n) is 4.60. The maximum atomic E-state index is 13.2. The van der Waals surface area contributed by atoms with Gasteiger partial charge in [0.25, 0.3) is 0 Å². The van der Waals surface area contributed by atoms with E-state index < -0.39 is 5.82 Å². The number of aromatic nitrogens is 2. The molecule has 0 saturated heterocycles. The van der Waals surface area contributed by atoms with E-state index in [1.54, 1.807) is 0 Å². The van der Waals surface area contributed by atoms with Crippen LogP contribution < -0.4 is 3.79 Å². The van der Waals surface area contributed by atoms with E-state index in [9.17, 15) is 4.39 Å². The smallest absolute Gasteiger partial charge is 0.482 e. The Labute approximate surface area is 106 Å². The third-order valence-electron chi connectivity index (χ3n) is 2.11. The van der Waals surface area contributed by atoms with Gasteiger partial charge in [0.1, 0.15) is 5.82 Å². The highest BCUT2D eigenvalue weighted by Gasteiger charge is 2.14. The summed E-state index contributed by atoms with van der Waals surface area (Å²) in [7, 11) is 0. The number of hydrogen-bond acceptors (Lipinski definition) is 3. The van der Waals surface area contributed by atoms with Gasteiger partial charge >= 0.3 is 16.6 Å². The predicted molar refractivity (Wildman–Crippen MR) is 60.1 cm³/mol. The van der Waals surface area contributed by atoms with Crippen LogP contribution in [0.5, 0.6) is 5.75 Å². The van der Waals surface area contributed by atoms with Crippen molar-refractivity contribution in [2.75, 3.05) is 0 Å². The van der Waals surface area contributed by atoms with E-state index in [1.807, 2.05) is 16.6 Å². The Kier molecular flexibility index (Phi) is 3.34. The second-order valence-electron chi connectivity index (χ2n) is 3.12. The van der Waals surface area contributed by atoms with Gasteiger partial charge in [-0.1, -0.05) is 0 Å². The van der Waals surface area contributed by atoms with Gasteiger partial charge in [0.2, 0.25) is 5.69 Å². The molecule has 0 fully saturated rings. The first kappa shape index (κ1) is 11.5. The maximum Gasteiger partial charge on any atom is 0.482 e. The first-order valence-corrected chi connectivity index (χ1v) is 5.07. The summed E-state index contributed by atoms with van der Waals surface area (Å²) >= 11 is 2.03. The second-order valence-corrected chi connectivity index (χ2v) is 3.35. The highest BCUT2D eigenvalue weighted by molar-refractivity contribution is 6.01. The average molecular weight is 241 g/mol. The van der Waals surface area contributed by atoms with E-state index in [1.165, 1.54) is 24.7 Å². The molecule has 0 aliphatic rings. The van der Waals surface area contributed by atoms with Gasteiger partial charge in [-0.05, 0) is 6.07 Å². The predicted octanol–water partition coefficient (Wildman–Crippen LogP) is 2.30. The molecule has 0 atom stereocenters. The van der Waals surface area contributed by atoms with Gasteiger partial charge in [-0.15, -0.1) is 0 Å². The topological polar surface area (TPSA) is 39.4 Å². The number of hydrogen-bond donors (Lipinski definition) is 0. The van der Waals surface area contributed by atoms with Gasteiger partial charge in [-0.25, -0.2) is 9.24 Å². The fourth-order valence-electron chi connectivity index (χ4n) is 1.43. The lowest BCUT2D eigenvalue weighted by Gasteiger charge is -2.11. The molecule has 2 aromatic rings. The van der Waals surface area contributed by atoms with Crippen LogP contribution in [0.15, 0.2) is 30.7 Å². The van der Waals surface area contributed by atoms with E-state index in [4.69, 9.17) is 10.4 Å². The molecule has 0 bridgehead atoms. The van der Waals surface area contributed by atoms with Crippen molar-refractivity contribution in [2.45, 2.75) is 0 Å². The zero-order chi connectivity index (χ0) is 12.3. The molecule has 0 amide bonds. The van der Waals surface area contributed by atoms with Crippen molar-refractivity contribution < 1.29 is 8.18 Å². The van der Waals surface area contributed by atoms with Crippen LogP contribution in [0.3, 0.4) is 0 Å². The van der Waals surface area contributed by atoms with Gasteiger partial charge in [-0.3, -0.25) is 9.97 Å². The average Bonchev–Trinajstić information content (AvgIpc) is 2.38. The minimum absolute atomic E-state index is 0.142. The van der Waals surface area contributed by atoms with Crippen LogP contribution >= 0.6 is 0 Å². The number of nitrogens with zero attached hydrogens (tertiary/aromatic N) is 3. The molecule has 0 unspecified atom stereocenters. The van der Waals surface area contributed by atoms with Gasteiger partial charge in [-0.2, -0.15) is 0 Å². The Morgan fingerprint density at radius 1 is 1.35 bits per heavy atom. The molecule has 4 nitrogen and oxygen atoms in total. The summed E-state index contributed by atoms with van der Waals surface area (Å²) in [5.74, 6) is -0.289. The molecule has 2 radical (unpaired) electrons. The summed E-state index contributed by atoms with van der Waals surface area (Å²) in [5.41, 5.74) is 1.04. The molecule has 0 N–H and O–H groups in total. The fourth-order valence-corrected chi connectivity index (χ4v) is 1.62. The Morgan fingerprint density at radius 3 is 2.76 bits per heavy atom. The summed E-state index contributed by atoms with van der Waals surface area (Å²) < 4.78 is 18.2. The van der Waals surface area contributed by atoms with Gasteiger partial charge in [0, 0.05) is 24.0 Å². The van der Waals surface area contributed by atoms with Crippen molar-refractivity contribution in [1.82, 2.24) is 9.97 Å². The van der Waals surface area contributed by atoms with E-state index in [0.717, 1.165) is 6.07 Å². The molecule has 2 rings (SSSR count). The monoisotopic (exact) mass is 241 g/mol. The van der Waals surface area contributed by atoms with Crippen LogP contribution in [0.1, 0.15) is 0 Å². The molecular formula is C11H5AlFN3O. The molecule has 1 aromatic carbocycles. The standard InChI is InChI=1S/C11H6FN3O.Al/c1-13-8-4-7(12)5-10(16)11(8)9-6-14-2-3-15-9;/h2-6,16H;/q;+1/p-1. The van der Waals surface area contributed by atoms with Crippen LogP contribution in [-0.4, -0.2) is 26.6 Å². The quantitative estimate of drug-likeness (QED) is 0.598. The lowest BCUT2D eigenvalue weighted by Crippen LogP contribution is -1.93. The summed E-state index contributed by atoms with van der Waals surface area (Å²) in [6, 6.07) is 2.34. The summed E-state index contributed by atoms with van der Waals surface area (Å²) in [5, 5.41) is 0. The Hall–Kier alpha value is -1.95. The van der Waals surface area contributed by atoms with Crippen LogP contribution in [0.4, 0.5) is 10.1 Å². The number of halogens is 1. The van der Waals surface area contributed by atoms with Gasteiger partial charge in [0.05, 0.1) is 24.2 Å². The SMILES string of the molecule is [C-]#[N+]c1cc(F)cc([O][Al])c1-c1cnccn1. The molecular weight excluding hydrogens is 236 g/mol. The Morgan fingerprint density at radius 2 is 2.18 bits per heavy atom. The maximum absolute atomic E-state index is 13.2. The normalized spacial score (nSPS) is 9.65. The number of rotatable bonds is 2. The molecule has 17 heavy (non-hydrogen) atoms. The molecule has 80 valence electrons. The molecule has 0 aliphatic heterocycles. The van der Waals surface area contributed by atoms with Gasteiger partial charge in [0.15, 0.2) is 0 Å². The zero-order valence-corrected chi connectivity index (χ0v) is 9.75. The lowest BCUT2D eigenvalue weighted by atomic mass is 10.1. The van der Waals surface area contributed by atoms with Crippen LogP contribution in [0, 0.1) is 12.4 Å². The summed E-state index contributed by atoms with van der Waals surface area (Å²) in [6.45, 7) is 7.05. The van der Waals surface area contributed by atoms with Crippen molar-refractivity contribution in [3.63, 3.8) is 0 Å². The summed E-state index contributed by atoms with van der Waals surface area (Å²) in [6.07, 6.45) is 4.51. The number of benzene rings is 1. The van der Waals surface area contributed by atoms with Crippen molar-refractivity contribution >= 4 is 22.3 Å². The van der Waals surface area contributed by atoms with E-state index in [0.29, 0.717) is 11.3 Å². The second kappa shape index (κ2) is 4.92. The minimum Gasteiger partial charge on any atom is -0.654 e. The Balaban J connectivity index is 2.72. The van der Waals surface area contributed by atoms with Crippen LogP contribution in [-0.2, 0) is 0 Å². The highest BCUT2D eigenvalue weighted by atomic mass is 27.1. The van der Waals surface area contributed by atoms with E-state index in [2.05, 4.69) is 14.8 Å². The zero-order valence-electron chi connectivity index (χ0n) is 8.59. The van der Waals surface area contributed by atoms with Crippen molar-refractivity contribution in [2.24, 2.45) is 0 Å². The van der Waals surface area contributed by atoms with E-state index >= 15 is 0 Å². The Bertz CT molecular complexity index is 583. The van der Waals surface area contributed by atoms with Crippen LogP contribution in [0.2, 0.25) is 0 Å².